The fraction of sp³-hybridized carbons (Fsp3) is 0.625. The van der Waals surface area contributed by atoms with Crippen LogP contribution in [0.15, 0.2) is 24.3 Å². The Hall–Kier alpha value is -1.02. The van der Waals surface area contributed by atoms with Crippen molar-refractivity contribution < 1.29 is 9.84 Å². The van der Waals surface area contributed by atoms with Gasteiger partial charge >= 0.3 is 0 Å². The molecule has 1 saturated carbocycles. The summed E-state index contributed by atoms with van der Waals surface area (Å²) in [7, 11) is 0. The van der Waals surface area contributed by atoms with Crippen molar-refractivity contribution in [2.75, 3.05) is 0 Å². The molecule has 1 aliphatic heterocycles. The molecule has 2 unspecified atom stereocenters. The maximum Gasteiger partial charge on any atom is 0.125 e. The van der Waals surface area contributed by atoms with Crippen molar-refractivity contribution in [2.45, 2.75) is 57.2 Å². The van der Waals surface area contributed by atoms with E-state index in [1.165, 1.54) is 19.3 Å². The van der Waals surface area contributed by atoms with Crippen LogP contribution in [0.2, 0.25) is 0 Å². The van der Waals surface area contributed by atoms with E-state index in [2.05, 4.69) is 6.92 Å². The van der Waals surface area contributed by atoms with Crippen LogP contribution in [-0.2, 0) is 0 Å². The van der Waals surface area contributed by atoms with E-state index in [0.717, 1.165) is 30.6 Å². The standard InChI is InChI=1S/C16H22O2/c1-2-12-7-5-6-10-16(12)11-14(17)13-8-3-4-9-15(13)18-16/h3-4,8-9,12,14,17H,2,5-7,10-11H2,1H3/t12?,14-,16?/m0/s1. The molecule has 1 heterocycles. The second kappa shape index (κ2) is 4.58. The summed E-state index contributed by atoms with van der Waals surface area (Å²) in [6, 6.07) is 7.95. The largest absolute Gasteiger partial charge is 0.486 e. The summed E-state index contributed by atoms with van der Waals surface area (Å²) in [6.07, 6.45) is 6.43. The molecule has 18 heavy (non-hydrogen) atoms. The lowest BCUT2D eigenvalue weighted by Gasteiger charge is -2.48. The molecule has 98 valence electrons. The second-order valence-corrected chi connectivity index (χ2v) is 5.78. The first-order valence-corrected chi connectivity index (χ1v) is 7.21. The van der Waals surface area contributed by atoms with E-state index in [-0.39, 0.29) is 11.7 Å². The number of para-hydroxylation sites is 1. The van der Waals surface area contributed by atoms with Crippen molar-refractivity contribution >= 4 is 0 Å². The molecule has 1 fully saturated rings. The lowest BCUT2D eigenvalue weighted by molar-refractivity contribution is -0.0782. The minimum atomic E-state index is -0.359. The zero-order valence-corrected chi connectivity index (χ0v) is 11.1. The number of aliphatic hydroxyl groups is 1. The lowest BCUT2D eigenvalue weighted by Crippen LogP contribution is -2.49. The van der Waals surface area contributed by atoms with Gasteiger partial charge in [-0.05, 0) is 37.7 Å². The topological polar surface area (TPSA) is 29.5 Å². The summed E-state index contributed by atoms with van der Waals surface area (Å²) in [6.45, 7) is 2.24. The Morgan fingerprint density at radius 3 is 3.00 bits per heavy atom. The van der Waals surface area contributed by atoms with Gasteiger partial charge in [-0.25, -0.2) is 0 Å². The molecule has 0 saturated heterocycles. The van der Waals surface area contributed by atoms with Crippen LogP contribution < -0.4 is 4.74 Å². The Bertz CT molecular complexity index is 429. The summed E-state index contributed by atoms with van der Waals surface area (Å²) in [5.41, 5.74) is 0.851. The summed E-state index contributed by atoms with van der Waals surface area (Å²) in [5.74, 6) is 1.49. The van der Waals surface area contributed by atoms with Crippen molar-refractivity contribution in [2.24, 2.45) is 5.92 Å². The molecule has 0 amide bonds. The minimum Gasteiger partial charge on any atom is -0.486 e. The first kappa shape index (κ1) is 12.0. The molecule has 3 rings (SSSR count). The third-order valence-corrected chi connectivity index (χ3v) is 4.77. The smallest absolute Gasteiger partial charge is 0.125 e. The summed E-state index contributed by atoms with van der Waals surface area (Å²) >= 11 is 0. The van der Waals surface area contributed by atoms with Crippen LogP contribution in [0.4, 0.5) is 0 Å². The fourth-order valence-electron chi connectivity index (χ4n) is 3.81. The monoisotopic (exact) mass is 246 g/mol. The number of rotatable bonds is 1. The number of aliphatic hydroxyl groups excluding tert-OH is 1. The van der Waals surface area contributed by atoms with Crippen LogP contribution in [0, 0.1) is 5.92 Å². The maximum atomic E-state index is 10.4. The highest BCUT2D eigenvalue weighted by molar-refractivity contribution is 5.38. The van der Waals surface area contributed by atoms with E-state index in [9.17, 15) is 5.11 Å². The van der Waals surface area contributed by atoms with Crippen LogP contribution in [0.1, 0.15) is 57.1 Å². The highest BCUT2D eigenvalue weighted by Gasteiger charge is 2.46. The van der Waals surface area contributed by atoms with Crippen LogP contribution in [-0.4, -0.2) is 10.7 Å². The number of fused-ring (bicyclic) bond motifs is 1. The van der Waals surface area contributed by atoms with E-state index in [4.69, 9.17) is 4.74 Å². The predicted molar refractivity (Wildman–Crippen MR) is 71.6 cm³/mol. The molecule has 2 nitrogen and oxygen atoms in total. The van der Waals surface area contributed by atoms with Gasteiger partial charge in [-0.1, -0.05) is 31.5 Å². The molecule has 0 radical (unpaired) electrons. The number of hydrogen-bond donors (Lipinski definition) is 1. The maximum absolute atomic E-state index is 10.4. The Kier molecular flexibility index (Phi) is 3.06. The highest BCUT2D eigenvalue weighted by Crippen LogP contribution is 2.49. The van der Waals surface area contributed by atoms with E-state index < -0.39 is 0 Å². The summed E-state index contributed by atoms with van der Waals surface area (Å²) in [4.78, 5) is 0. The molecule has 1 aromatic rings. The number of benzene rings is 1. The fourth-order valence-corrected chi connectivity index (χ4v) is 3.81. The van der Waals surface area contributed by atoms with Gasteiger partial charge < -0.3 is 9.84 Å². The van der Waals surface area contributed by atoms with Gasteiger partial charge in [-0.15, -0.1) is 0 Å². The van der Waals surface area contributed by atoms with Gasteiger partial charge in [0.05, 0.1) is 6.10 Å². The summed E-state index contributed by atoms with van der Waals surface area (Å²) in [5, 5.41) is 10.4. The Morgan fingerprint density at radius 2 is 2.17 bits per heavy atom. The molecule has 0 aromatic heterocycles. The molecule has 1 aliphatic carbocycles. The van der Waals surface area contributed by atoms with Crippen molar-refractivity contribution in [3.63, 3.8) is 0 Å². The first-order valence-electron chi connectivity index (χ1n) is 7.21. The molecule has 0 bridgehead atoms. The van der Waals surface area contributed by atoms with Gasteiger partial charge in [0.2, 0.25) is 0 Å². The Balaban J connectivity index is 1.96. The van der Waals surface area contributed by atoms with Crippen LogP contribution in [0.5, 0.6) is 5.75 Å². The molecule has 1 N–H and O–H groups in total. The number of hydrogen-bond acceptors (Lipinski definition) is 2. The van der Waals surface area contributed by atoms with E-state index in [1.54, 1.807) is 0 Å². The van der Waals surface area contributed by atoms with Gasteiger partial charge in [0.1, 0.15) is 11.4 Å². The van der Waals surface area contributed by atoms with E-state index in [0.29, 0.717) is 5.92 Å². The van der Waals surface area contributed by atoms with Gasteiger partial charge in [-0.3, -0.25) is 0 Å². The van der Waals surface area contributed by atoms with Crippen LogP contribution >= 0.6 is 0 Å². The second-order valence-electron chi connectivity index (χ2n) is 5.78. The number of ether oxygens (including phenoxy) is 1. The summed E-state index contributed by atoms with van der Waals surface area (Å²) < 4.78 is 6.37. The third-order valence-electron chi connectivity index (χ3n) is 4.77. The van der Waals surface area contributed by atoms with E-state index in [1.807, 2.05) is 24.3 Å². The van der Waals surface area contributed by atoms with Gasteiger partial charge in [-0.2, -0.15) is 0 Å². The van der Waals surface area contributed by atoms with Crippen molar-refractivity contribution in [3.05, 3.63) is 29.8 Å². The average molecular weight is 246 g/mol. The SMILES string of the molecule is CCC1CCCCC12C[C@H](O)c1ccccc1O2. The molecule has 1 spiro atoms. The molecule has 2 aliphatic rings. The predicted octanol–water partition coefficient (Wildman–Crippen LogP) is 3.84. The Labute approximate surface area is 109 Å². The minimum absolute atomic E-state index is 0.110. The van der Waals surface area contributed by atoms with Gasteiger partial charge in [0.15, 0.2) is 0 Å². The molecule has 2 heteroatoms. The molecule has 3 atom stereocenters. The normalized spacial score (nSPS) is 35.0. The Morgan fingerprint density at radius 1 is 1.33 bits per heavy atom. The molecule has 1 aromatic carbocycles. The van der Waals surface area contributed by atoms with Crippen molar-refractivity contribution in [3.8, 4) is 5.75 Å². The quantitative estimate of drug-likeness (QED) is 0.815. The first-order chi connectivity index (χ1) is 8.75. The van der Waals surface area contributed by atoms with Crippen LogP contribution in [0.3, 0.4) is 0 Å². The van der Waals surface area contributed by atoms with Crippen molar-refractivity contribution in [1.82, 2.24) is 0 Å². The van der Waals surface area contributed by atoms with Gasteiger partial charge in [0.25, 0.3) is 0 Å². The van der Waals surface area contributed by atoms with Crippen LogP contribution in [0.25, 0.3) is 0 Å². The average Bonchev–Trinajstić information content (AvgIpc) is 2.39. The molecular formula is C16H22O2. The zero-order valence-electron chi connectivity index (χ0n) is 11.1. The van der Waals surface area contributed by atoms with Gasteiger partial charge in [0, 0.05) is 12.0 Å². The third kappa shape index (κ3) is 1.83. The van der Waals surface area contributed by atoms with E-state index >= 15 is 0 Å². The van der Waals surface area contributed by atoms with Crippen molar-refractivity contribution in [1.29, 1.82) is 0 Å². The zero-order chi connectivity index (χ0) is 12.6. The lowest BCUT2D eigenvalue weighted by atomic mass is 9.69. The molecular weight excluding hydrogens is 224 g/mol. The highest BCUT2D eigenvalue weighted by atomic mass is 16.5.